The topological polar surface area (TPSA) is 92.6 Å². The van der Waals surface area contributed by atoms with E-state index in [1.807, 2.05) is 0 Å². The molecule has 1 aliphatic rings. The standard InChI is InChI=1S/C14H21N3O2/c15-12-6-5-10(14(16)19)9-13(12)17(7-2-8-18)11-3-1-4-11/h5-6,9,11,18H,1-4,7-8,15H2,(H2,16,19). The molecule has 1 amide bonds. The summed E-state index contributed by atoms with van der Waals surface area (Å²) in [6.45, 7) is 0.895. The second-order valence-corrected chi connectivity index (χ2v) is 4.99. The van der Waals surface area contributed by atoms with Crippen LogP contribution in [0.25, 0.3) is 0 Å². The van der Waals surface area contributed by atoms with E-state index in [1.54, 1.807) is 18.2 Å². The summed E-state index contributed by atoms with van der Waals surface area (Å²) in [6.07, 6.45) is 4.17. The highest BCUT2D eigenvalue weighted by Crippen LogP contribution is 2.33. The summed E-state index contributed by atoms with van der Waals surface area (Å²) in [7, 11) is 0. The van der Waals surface area contributed by atoms with Crippen molar-refractivity contribution in [3.8, 4) is 0 Å². The molecule has 0 unspecified atom stereocenters. The Bertz CT molecular complexity index is 458. The number of rotatable bonds is 6. The molecule has 0 aliphatic heterocycles. The number of anilines is 2. The van der Waals surface area contributed by atoms with Crippen LogP contribution >= 0.6 is 0 Å². The molecule has 1 aliphatic carbocycles. The minimum Gasteiger partial charge on any atom is -0.397 e. The van der Waals surface area contributed by atoms with Gasteiger partial charge in [0.25, 0.3) is 0 Å². The van der Waals surface area contributed by atoms with Crippen LogP contribution in [-0.2, 0) is 0 Å². The summed E-state index contributed by atoms with van der Waals surface area (Å²) < 4.78 is 0. The summed E-state index contributed by atoms with van der Waals surface area (Å²) in [5.74, 6) is -0.447. The minimum atomic E-state index is -0.447. The number of carbonyl (C=O) groups is 1. The first kappa shape index (κ1) is 13.7. The third-order valence-electron chi connectivity index (χ3n) is 3.70. The second-order valence-electron chi connectivity index (χ2n) is 4.99. The summed E-state index contributed by atoms with van der Waals surface area (Å²) in [5, 5.41) is 9.01. The van der Waals surface area contributed by atoms with Gasteiger partial charge in [-0.3, -0.25) is 4.79 Å². The quantitative estimate of drug-likeness (QED) is 0.670. The number of benzene rings is 1. The average Bonchev–Trinajstić information content (AvgIpc) is 2.32. The van der Waals surface area contributed by atoms with Crippen LogP contribution < -0.4 is 16.4 Å². The van der Waals surface area contributed by atoms with Crippen molar-refractivity contribution in [2.45, 2.75) is 31.7 Å². The molecular weight excluding hydrogens is 242 g/mol. The van der Waals surface area contributed by atoms with Crippen LogP contribution in [0.3, 0.4) is 0 Å². The second kappa shape index (κ2) is 5.93. The van der Waals surface area contributed by atoms with Gasteiger partial charge in [-0.25, -0.2) is 0 Å². The number of primary amides is 1. The highest BCUT2D eigenvalue weighted by molar-refractivity contribution is 5.95. The fraction of sp³-hybridized carbons (Fsp3) is 0.500. The van der Waals surface area contributed by atoms with Crippen LogP contribution in [0.5, 0.6) is 0 Å². The molecule has 0 spiro atoms. The van der Waals surface area contributed by atoms with Gasteiger partial charge in [0.15, 0.2) is 0 Å². The molecule has 0 bridgehead atoms. The molecule has 2 rings (SSSR count). The number of aliphatic hydroxyl groups is 1. The van der Waals surface area contributed by atoms with Crippen molar-refractivity contribution in [2.24, 2.45) is 5.73 Å². The third kappa shape index (κ3) is 2.98. The number of hydrogen-bond donors (Lipinski definition) is 3. The number of hydrogen-bond acceptors (Lipinski definition) is 4. The zero-order valence-electron chi connectivity index (χ0n) is 11.0. The van der Waals surface area contributed by atoms with Gasteiger partial charge in [0.2, 0.25) is 5.91 Å². The number of carbonyl (C=O) groups excluding carboxylic acids is 1. The first-order chi connectivity index (χ1) is 9.13. The van der Waals surface area contributed by atoms with Crippen LogP contribution in [0.2, 0.25) is 0 Å². The molecule has 1 fully saturated rings. The van der Waals surface area contributed by atoms with Crippen molar-refractivity contribution in [3.63, 3.8) is 0 Å². The molecule has 0 aromatic heterocycles. The van der Waals surface area contributed by atoms with Gasteiger partial charge >= 0.3 is 0 Å². The number of nitrogen functional groups attached to an aromatic ring is 1. The number of nitrogens with zero attached hydrogens (tertiary/aromatic N) is 1. The molecule has 1 saturated carbocycles. The van der Waals surface area contributed by atoms with Gasteiger partial charge in [0.1, 0.15) is 0 Å². The molecule has 5 nitrogen and oxygen atoms in total. The van der Waals surface area contributed by atoms with Gasteiger partial charge in [0, 0.05) is 24.8 Å². The molecule has 0 radical (unpaired) electrons. The average molecular weight is 263 g/mol. The Morgan fingerprint density at radius 3 is 2.68 bits per heavy atom. The first-order valence-electron chi connectivity index (χ1n) is 6.70. The van der Waals surface area contributed by atoms with Crippen molar-refractivity contribution in [2.75, 3.05) is 23.8 Å². The lowest BCUT2D eigenvalue weighted by atomic mass is 9.90. The molecule has 19 heavy (non-hydrogen) atoms. The fourth-order valence-electron chi connectivity index (χ4n) is 2.38. The largest absolute Gasteiger partial charge is 0.397 e. The van der Waals surface area contributed by atoms with E-state index in [2.05, 4.69) is 4.90 Å². The van der Waals surface area contributed by atoms with Crippen LogP contribution in [0, 0.1) is 0 Å². The zero-order valence-corrected chi connectivity index (χ0v) is 11.0. The Hall–Kier alpha value is -1.75. The minimum absolute atomic E-state index is 0.151. The number of nitrogens with two attached hydrogens (primary N) is 2. The maximum Gasteiger partial charge on any atom is 0.248 e. The molecule has 1 aromatic rings. The van der Waals surface area contributed by atoms with Crippen LogP contribution in [-0.4, -0.2) is 30.2 Å². The van der Waals surface area contributed by atoms with Gasteiger partial charge in [-0.05, 0) is 43.9 Å². The third-order valence-corrected chi connectivity index (χ3v) is 3.70. The number of aliphatic hydroxyl groups excluding tert-OH is 1. The lowest BCUT2D eigenvalue weighted by molar-refractivity contribution is 0.100. The van der Waals surface area contributed by atoms with E-state index in [-0.39, 0.29) is 6.61 Å². The molecule has 104 valence electrons. The van der Waals surface area contributed by atoms with Gasteiger partial charge in [0.05, 0.1) is 11.4 Å². The van der Waals surface area contributed by atoms with Gasteiger partial charge < -0.3 is 21.5 Å². The van der Waals surface area contributed by atoms with Crippen LogP contribution in [0.1, 0.15) is 36.0 Å². The Morgan fingerprint density at radius 1 is 1.42 bits per heavy atom. The maximum atomic E-state index is 11.3. The van der Waals surface area contributed by atoms with Crippen molar-refractivity contribution < 1.29 is 9.90 Å². The van der Waals surface area contributed by atoms with E-state index in [1.165, 1.54) is 6.42 Å². The van der Waals surface area contributed by atoms with E-state index >= 15 is 0 Å². The van der Waals surface area contributed by atoms with Crippen LogP contribution in [0.4, 0.5) is 11.4 Å². The van der Waals surface area contributed by atoms with E-state index < -0.39 is 5.91 Å². The SMILES string of the molecule is NC(=O)c1ccc(N)c(N(CCCO)C2CCC2)c1. The number of amides is 1. The highest BCUT2D eigenvalue weighted by atomic mass is 16.3. The van der Waals surface area contributed by atoms with Gasteiger partial charge in [-0.15, -0.1) is 0 Å². The normalized spacial score (nSPS) is 15.0. The van der Waals surface area contributed by atoms with E-state index in [0.717, 1.165) is 25.1 Å². The summed E-state index contributed by atoms with van der Waals surface area (Å²) in [5.41, 5.74) is 13.3. The lowest BCUT2D eigenvalue weighted by Crippen LogP contribution is -2.41. The summed E-state index contributed by atoms with van der Waals surface area (Å²) in [6, 6.07) is 5.58. The molecule has 0 saturated heterocycles. The molecule has 1 aromatic carbocycles. The van der Waals surface area contributed by atoms with Crippen molar-refractivity contribution in [1.82, 2.24) is 0 Å². The Kier molecular flexibility index (Phi) is 4.27. The monoisotopic (exact) mass is 263 g/mol. The predicted octanol–water partition coefficient (Wildman–Crippen LogP) is 1.11. The lowest BCUT2D eigenvalue weighted by Gasteiger charge is -2.40. The molecule has 0 heterocycles. The summed E-state index contributed by atoms with van der Waals surface area (Å²) >= 11 is 0. The van der Waals surface area contributed by atoms with Crippen LogP contribution in [0.15, 0.2) is 18.2 Å². The maximum absolute atomic E-state index is 11.3. The Labute approximate surface area is 113 Å². The van der Waals surface area contributed by atoms with Gasteiger partial charge in [-0.1, -0.05) is 0 Å². The van der Waals surface area contributed by atoms with E-state index in [9.17, 15) is 4.79 Å². The van der Waals surface area contributed by atoms with Crippen molar-refractivity contribution in [3.05, 3.63) is 23.8 Å². The van der Waals surface area contributed by atoms with Crippen molar-refractivity contribution in [1.29, 1.82) is 0 Å². The Morgan fingerprint density at radius 2 is 2.16 bits per heavy atom. The first-order valence-corrected chi connectivity index (χ1v) is 6.70. The predicted molar refractivity (Wildman–Crippen MR) is 76.1 cm³/mol. The highest BCUT2D eigenvalue weighted by Gasteiger charge is 2.26. The van der Waals surface area contributed by atoms with E-state index in [0.29, 0.717) is 23.7 Å². The smallest absolute Gasteiger partial charge is 0.248 e. The van der Waals surface area contributed by atoms with Crippen molar-refractivity contribution >= 4 is 17.3 Å². The molecule has 5 heteroatoms. The van der Waals surface area contributed by atoms with Gasteiger partial charge in [-0.2, -0.15) is 0 Å². The molecule has 5 N–H and O–H groups in total. The Balaban J connectivity index is 2.28. The molecule has 0 atom stereocenters. The zero-order chi connectivity index (χ0) is 13.8. The summed E-state index contributed by atoms with van der Waals surface area (Å²) in [4.78, 5) is 13.5. The molecular formula is C14H21N3O2. The van der Waals surface area contributed by atoms with E-state index in [4.69, 9.17) is 16.6 Å². The fourth-order valence-corrected chi connectivity index (χ4v) is 2.38.